The monoisotopic (exact) mass is 282 g/mol. The van der Waals surface area contributed by atoms with Gasteiger partial charge in [0, 0.05) is 5.39 Å². The molecule has 2 heteroatoms. The second-order valence-electron chi connectivity index (χ2n) is 5.70. The Labute approximate surface area is 124 Å². The third-order valence-electron chi connectivity index (χ3n) is 4.11. The number of aryl methyl sites for hydroxylation is 1. The summed E-state index contributed by atoms with van der Waals surface area (Å²) in [6.45, 7) is 6.27. The van der Waals surface area contributed by atoms with Crippen LogP contribution in [0.3, 0.4) is 0 Å². The van der Waals surface area contributed by atoms with Gasteiger partial charge in [0.25, 0.3) is 0 Å². The fraction of sp³-hybridized carbons (Fsp3) is 0.263. The number of hydrogen-bond acceptors (Lipinski definition) is 1. The molecular formula is C19H19FO. The van der Waals surface area contributed by atoms with E-state index in [9.17, 15) is 4.39 Å². The van der Waals surface area contributed by atoms with Gasteiger partial charge in [-0.2, -0.15) is 0 Å². The van der Waals surface area contributed by atoms with Crippen molar-refractivity contribution < 1.29 is 8.81 Å². The third kappa shape index (κ3) is 2.58. The zero-order valence-electron chi connectivity index (χ0n) is 12.6. The molecule has 0 saturated heterocycles. The molecule has 3 aromatic rings. The third-order valence-corrected chi connectivity index (χ3v) is 4.11. The molecule has 0 saturated carbocycles. The zero-order chi connectivity index (χ0) is 15.0. The lowest BCUT2D eigenvalue weighted by molar-refractivity contribution is 0.601. The molecular weight excluding hydrogens is 263 g/mol. The number of rotatable bonds is 3. The molecule has 0 aliphatic heterocycles. The first-order chi connectivity index (χ1) is 10.1. The SMILES string of the molecule is CCC(C)c1ccc2oc(-c3ccc(C)cc3F)cc2c1. The van der Waals surface area contributed by atoms with Gasteiger partial charge in [0.1, 0.15) is 17.2 Å². The predicted molar refractivity (Wildman–Crippen MR) is 85.1 cm³/mol. The smallest absolute Gasteiger partial charge is 0.138 e. The standard InChI is InChI=1S/C19H19FO/c1-4-13(3)14-6-8-18-15(10-14)11-19(21-18)16-7-5-12(2)9-17(16)20/h5-11,13H,4H2,1-3H3. The second kappa shape index (κ2) is 5.36. The van der Waals surface area contributed by atoms with Crippen molar-refractivity contribution in [2.24, 2.45) is 0 Å². The summed E-state index contributed by atoms with van der Waals surface area (Å²) in [5.41, 5.74) is 3.52. The van der Waals surface area contributed by atoms with Crippen LogP contribution in [0, 0.1) is 12.7 Å². The Kier molecular flexibility index (Phi) is 3.54. The zero-order valence-corrected chi connectivity index (χ0v) is 12.6. The molecule has 0 fully saturated rings. The number of benzene rings is 2. The summed E-state index contributed by atoms with van der Waals surface area (Å²) in [6, 6.07) is 13.3. The highest BCUT2D eigenvalue weighted by atomic mass is 19.1. The van der Waals surface area contributed by atoms with Crippen LogP contribution < -0.4 is 0 Å². The van der Waals surface area contributed by atoms with E-state index in [1.165, 1.54) is 11.6 Å². The molecule has 1 atom stereocenters. The summed E-state index contributed by atoms with van der Waals surface area (Å²) in [7, 11) is 0. The van der Waals surface area contributed by atoms with Crippen molar-refractivity contribution in [3.05, 3.63) is 59.4 Å². The van der Waals surface area contributed by atoms with E-state index in [-0.39, 0.29) is 5.82 Å². The highest BCUT2D eigenvalue weighted by Crippen LogP contribution is 2.32. The van der Waals surface area contributed by atoms with Gasteiger partial charge in [-0.15, -0.1) is 0 Å². The molecule has 1 unspecified atom stereocenters. The molecule has 0 aliphatic rings. The topological polar surface area (TPSA) is 13.1 Å². The van der Waals surface area contributed by atoms with E-state index in [1.807, 2.05) is 25.1 Å². The van der Waals surface area contributed by atoms with Crippen molar-refractivity contribution in [2.45, 2.75) is 33.1 Å². The maximum Gasteiger partial charge on any atom is 0.138 e. The molecule has 2 aromatic carbocycles. The number of halogens is 1. The minimum atomic E-state index is -0.240. The average molecular weight is 282 g/mol. The molecule has 21 heavy (non-hydrogen) atoms. The number of furan rings is 1. The normalized spacial score (nSPS) is 12.8. The molecule has 0 radical (unpaired) electrons. The molecule has 0 aliphatic carbocycles. The molecule has 3 rings (SSSR count). The van der Waals surface area contributed by atoms with E-state index in [1.54, 1.807) is 6.07 Å². The van der Waals surface area contributed by atoms with Gasteiger partial charge < -0.3 is 4.42 Å². The highest BCUT2D eigenvalue weighted by molar-refractivity contribution is 5.83. The summed E-state index contributed by atoms with van der Waals surface area (Å²) in [5.74, 6) is 0.865. The highest BCUT2D eigenvalue weighted by Gasteiger charge is 2.12. The van der Waals surface area contributed by atoms with Crippen LogP contribution in [0.4, 0.5) is 4.39 Å². The van der Waals surface area contributed by atoms with Gasteiger partial charge in [-0.1, -0.05) is 26.0 Å². The summed E-state index contributed by atoms with van der Waals surface area (Å²) < 4.78 is 19.9. The first-order valence-electron chi connectivity index (χ1n) is 7.38. The molecule has 0 N–H and O–H groups in total. The maximum atomic E-state index is 14.1. The Balaban J connectivity index is 2.08. The van der Waals surface area contributed by atoms with Crippen LogP contribution in [0.25, 0.3) is 22.3 Å². The Morgan fingerprint density at radius 2 is 1.90 bits per heavy atom. The fourth-order valence-corrected chi connectivity index (χ4v) is 2.56. The Morgan fingerprint density at radius 1 is 1.10 bits per heavy atom. The summed E-state index contributed by atoms with van der Waals surface area (Å²) in [5, 5.41) is 1.03. The molecule has 1 aromatic heterocycles. The van der Waals surface area contributed by atoms with Gasteiger partial charge in [0.15, 0.2) is 0 Å². The number of hydrogen-bond donors (Lipinski definition) is 0. The lowest BCUT2D eigenvalue weighted by Crippen LogP contribution is -1.89. The maximum absolute atomic E-state index is 14.1. The summed E-state index contributed by atoms with van der Waals surface area (Å²) in [4.78, 5) is 0. The summed E-state index contributed by atoms with van der Waals surface area (Å²) in [6.07, 6.45) is 1.10. The number of fused-ring (bicyclic) bond motifs is 1. The van der Waals surface area contributed by atoms with E-state index in [0.717, 1.165) is 23.0 Å². The van der Waals surface area contributed by atoms with Crippen LogP contribution >= 0.6 is 0 Å². The first kappa shape index (κ1) is 13.9. The average Bonchev–Trinajstić information content (AvgIpc) is 2.88. The molecule has 108 valence electrons. The van der Waals surface area contributed by atoms with E-state index in [0.29, 0.717) is 17.2 Å². The van der Waals surface area contributed by atoms with E-state index >= 15 is 0 Å². The lowest BCUT2D eigenvalue weighted by Gasteiger charge is -2.07. The summed E-state index contributed by atoms with van der Waals surface area (Å²) >= 11 is 0. The molecule has 1 nitrogen and oxygen atoms in total. The van der Waals surface area contributed by atoms with Gasteiger partial charge >= 0.3 is 0 Å². The van der Waals surface area contributed by atoms with Crippen molar-refractivity contribution in [2.75, 3.05) is 0 Å². The van der Waals surface area contributed by atoms with Crippen LogP contribution in [-0.4, -0.2) is 0 Å². The predicted octanol–water partition coefficient (Wildman–Crippen LogP) is 6.06. The minimum Gasteiger partial charge on any atom is -0.456 e. The second-order valence-corrected chi connectivity index (χ2v) is 5.70. The van der Waals surface area contributed by atoms with Crippen molar-refractivity contribution >= 4 is 11.0 Å². The van der Waals surface area contributed by atoms with E-state index in [4.69, 9.17) is 4.42 Å². The fourth-order valence-electron chi connectivity index (χ4n) is 2.56. The van der Waals surface area contributed by atoms with Crippen LogP contribution in [0.5, 0.6) is 0 Å². The lowest BCUT2D eigenvalue weighted by atomic mass is 9.97. The van der Waals surface area contributed by atoms with Crippen molar-refractivity contribution in [3.63, 3.8) is 0 Å². The molecule has 1 heterocycles. The van der Waals surface area contributed by atoms with Gasteiger partial charge in [0.05, 0.1) is 5.56 Å². The van der Waals surface area contributed by atoms with Gasteiger partial charge in [-0.3, -0.25) is 0 Å². The van der Waals surface area contributed by atoms with Crippen LogP contribution in [0.1, 0.15) is 37.3 Å². The molecule has 0 spiro atoms. The Morgan fingerprint density at radius 3 is 2.62 bits per heavy atom. The van der Waals surface area contributed by atoms with Crippen LogP contribution in [0.2, 0.25) is 0 Å². The van der Waals surface area contributed by atoms with Crippen molar-refractivity contribution in [3.8, 4) is 11.3 Å². The Hall–Kier alpha value is -2.09. The molecule has 0 amide bonds. The van der Waals surface area contributed by atoms with Crippen LogP contribution in [-0.2, 0) is 0 Å². The first-order valence-corrected chi connectivity index (χ1v) is 7.38. The van der Waals surface area contributed by atoms with Crippen molar-refractivity contribution in [1.82, 2.24) is 0 Å². The van der Waals surface area contributed by atoms with E-state index in [2.05, 4.69) is 26.0 Å². The van der Waals surface area contributed by atoms with Gasteiger partial charge in [-0.25, -0.2) is 4.39 Å². The van der Waals surface area contributed by atoms with E-state index < -0.39 is 0 Å². The minimum absolute atomic E-state index is 0.240. The van der Waals surface area contributed by atoms with Gasteiger partial charge in [0.2, 0.25) is 0 Å². The van der Waals surface area contributed by atoms with Crippen LogP contribution in [0.15, 0.2) is 46.9 Å². The quantitative estimate of drug-likeness (QED) is 0.569. The van der Waals surface area contributed by atoms with Gasteiger partial charge in [-0.05, 0) is 60.7 Å². The molecule has 0 bridgehead atoms. The Bertz CT molecular complexity index is 785. The largest absolute Gasteiger partial charge is 0.456 e. The van der Waals surface area contributed by atoms with Crippen molar-refractivity contribution in [1.29, 1.82) is 0 Å².